The van der Waals surface area contributed by atoms with Crippen molar-refractivity contribution in [3.63, 3.8) is 0 Å². The Balaban J connectivity index is 2.70. The molecule has 2 heteroatoms. The van der Waals surface area contributed by atoms with E-state index < -0.39 is 0 Å². The average molecular weight is 234 g/mol. The zero-order valence-corrected chi connectivity index (χ0v) is 11.2. The van der Waals surface area contributed by atoms with E-state index in [1.807, 2.05) is 6.92 Å². The van der Waals surface area contributed by atoms with Crippen LogP contribution in [-0.4, -0.2) is 13.1 Å². The number of methoxy groups -OCH3 is 1. The third-order valence-electron chi connectivity index (χ3n) is 3.16. The third-order valence-corrected chi connectivity index (χ3v) is 3.16. The molecular weight excluding hydrogens is 212 g/mol. The highest BCUT2D eigenvalue weighted by molar-refractivity contribution is 5.72. The first-order valence-corrected chi connectivity index (χ1v) is 6.25. The number of hydrogen-bond acceptors (Lipinski definition) is 2. The lowest BCUT2D eigenvalue weighted by molar-refractivity contribution is -0.145. The number of carbonyl (C=O) groups is 1. The summed E-state index contributed by atoms with van der Waals surface area (Å²) in [4.78, 5) is 11.5. The van der Waals surface area contributed by atoms with Crippen LogP contribution < -0.4 is 0 Å². The number of esters is 1. The van der Waals surface area contributed by atoms with E-state index in [1.54, 1.807) is 0 Å². The monoisotopic (exact) mass is 234 g/mol. The van der Waals surface area contributed by atoms with Crippen molar-refractivity contribution in [2.45, 2.75) is 39.5 Å². The normalized spacial score (nSPS) is 12.5. The fourth-order valence-electron chi connectivity index (χ4n) is 1.88. The van der Waals surface area contributed by atoms with Crippen molar-refractivity contribution in [2.24, 2.45) is 5.92 Å². The molecule has 1 aromatic carbocycles. The molecule has 0 saturated heterocycles. The van der Waals surface area contributed by atoms with Gasteiger partial charge < -0.3 is 4.74 Å². The number of hydrogen-bond donors (Lipinski definition) is 0. The van der Waals surface area contributed by atoms with Crippen molar-refractivity contribution in [1.29, 1.82) is 0 Å². The quantitative estimate of drug-likeness (QED) is 0.728. The Bertz CT molecular complexity index is 352. The van der Waals surface area contributed by atoms with Crippen molar-refractivity contribution in [3.05, 3.63) is 35.4 Å². The van der Waals surface area contributed by atoms with Crippen LogP contribution in [0.25, 0.3) is 0 Å². The zero-order chi connectivity index (χ0) is 12.8. The molecule has 1 atom stereocenters. The van der Waals surface area contributed by atoms with Gasteiger partial charge in [-0.2, -0.15) is 0 Å². The minimum Gasteiger partial charge on any atom is -0.469 e. The van der Waals surface area contributed by atoms with Gasteiger partial charge in [0.25, 0.3) is 0 Å². The maximum atomic E-state index is 11.5. The molecule has 1 aromatic rings. The van der Waals surface area contributed by atoms with E-state index in [9.17, 15) is 4.79 Å². The number of rotatable bonds is 5. The minimum atomic E-state index is -0.111. The van der Waals surface area contributed by atoms with Crippen LogP contribution in [0.3, 0.4) is 0 Å². The molecule has 0 amide bonds. The number of carbonyl (C=O) groups excluding carboxylic acids is 1. The van der Waals surface area contributed by atoms with Gasteiger partial charge in [-0.25, -0.2) is 0 Å². The molecule has 1 rings (SSSR count). The lowest BCUT2D eigenvalue weighted by Gasteiger charge is -2.13. The Morgan fingerprint density at radius 2 is 1.82 bits per heavy atom. The van der Waals surface area contributed by atoms with E-state index in [4.69, 9.17) is 4.74 Å². The highest BCUT2D eigenvalue weighted by atomic mass is 16.5. The molecule has 2 nitrogen and oxygen atoms in total. The van der Waals surface area contributed by atoms with E-state index >= 15 is 0 Å². The molecule has 0 radical (unpaired) electrons. The highest BCUT2D eigenvalue weighted by Gasteiger charge is 2.17. The zero-order valence-electron chi connectivity index (χ0n) is 11.2. The molecule has 0 fully saturated rings. The van der Waals surface area contributed by atoms with Crippen molar-refractivity contribution < 1.29 is 9.53 Å². The van der Waals surface area contributed by atoms with E-state index in [0.29, 0.717) is 5.92 Å². The lowest BCUT2D eigenvalue weighted by atomic mass is 9.95. The molecule has 0 saturated carbocycles. The summed E-state index contributed by atoms with van der Waals surface area (Å²) < 4.78 is 4.80. The standard InChI is InChI=1S/C15H22O2/c1-5-13(15(16)17-4)10-12-6-8-14(9-7-12)11(2)3/h6-9,11,13H,5,10H2,1-4H3. The Hall–Kier alpha value is -1.31. The molecular formula is C15H22O2. The molecule has 0 aliphatic carbocycles. The molecule has 1 unspecified atom stereocenters. The van der Waals surface area contributed by atoms with E-state index in [1.165, 1.54) is 18.2 Å². The summed E-state index contributed by atoms with van der Waals surface area (Å²) in [6, 6.07) is 8.51. The molecule has 0 N–H and O–H groups in total. The minimum absolute atomic E-state index is 0.0232. The first kappa shape index (κ1) is 13.8. The summed E-state index contributed by atoms with van der Waals surface area (Å²) >= 11 is 0. The maximum absolute atomic E-state index is 11.5. The molecule has 0 bridgehead atoms. The average Bonchev–Trinajstić information content (AvgIpc) is 2.35. The van der Waals surface area contributed by atoms with Gasteiger partial charge >= 0.3 is 5.97 Å². The van der Waals surface area contributed by atoms with E-state index in [-0.39, 0.29) is 11.9 Å². The fraction of sp³-hybridized carbons (Fsp3) is 0.533. The predicted molar refractivity (Wildman–Crippen MR) is 70.0 cm³/mol. The van der Waals surface area contributed by atoms with Crippen LogP contribution in [0.4, 0.5) is 0 Å². The van der Waals surface area contributed by atoms with Crippen LogP contribution in [0.5, 0.6) is 0 Å². The van der Waals surface area contributed by atoms with Crippen molar-refractivity contribution in [2.75, 3.05) is 7.11 Å². The first-order chi connectivity index (χ1) is 8.08. The topological polar surface area (TPSA) is 26.3 Å². The van der Waals surface area contributed by atoms with Crippen LogP contribution in [-0.2, 0) is 16.0 Å². The Labute approximate surface area is 104 Å². The largest absolute Gasteiger partial charge is 0.469 e. The molecule has 0 spiro atoms. The van der Waals surface area contributed by atoms with Gasteiger partial charge in [-0.15, -0.1) is 0 Å². The second-order valence-corrected chi connectivity index (χ2v) is 4.73. The first-order valence-electron chi connectivity index (χ1n) is 6.25. The molecule has 0 aliphatic heterocycles. The number of ether oxygens (including phenoxy) is 1. The summed E-state index contributed by atoms with van der Waals surface area (Å²) in [5, 5.41) is 0. The molecule has 0 aliphatic rings. The molecule has 94 valence electrons. The van der Waals surface area contributed by atoms with Gasteiger partial charge in [-0.05, 0) is 29.9 Å². The van der Waals surface area contributed by atoms with Crippen LogP contribution in [0.15, 0.2) is 24.3 Å². The van der Waals surface area contributed by atoms with Gasteiger partial charge in [-0.1, -0.05) is 45.0 Å². The molecule has 17 heavy (non-hydrogen) atoms. The van der Waals surface area contributed by atoms with Gasteiger partial charge in [0.2, 0.25) is 0 Å². The Morgan fingerprint density at radius 3 is 2.24 bits per heavy atom. The molecule has 0 aromatic heterocycles. The van der Waals surface area contributed by atoms with Gasteiger partial charge in [-0.3, -0.25) is 4.79 Å². The van der Waals surface area contributed by atoms with Crippen LogP contribution in [0.1, 0.15) is 44.2 Å². The summed E-state index contributed by atoms with van der Waals surface area (Å²) in [6.07, 6.45) is 1.58. The van der Waals surface area contributed by atoms with Crippen LogP contribution in [0, 0.1) is 5.92 Å². The Morgan fingerprint density at radius 1 is 1.24 bits per heavy atom. The summed E-state index contributed by atoms with van der Waals surface area (Å²) in [5.41, 5.74) is 2.53. The summed E-state index contributed by atoms with van der Waals surface area (Å²) in [7, 11) is 1.45. The van der Waals surface area contributed by atoms with Crippen molar-refractivity contribution in [3.8, 4) is 0 Å². The smallest absolute Gasteiger partial charge is 0.308 e. The van der Waals surface area contributed by atoms with Crippen molar-refractivity contribution >= 4 is 5.97 Å². The van der Waals surface area contributed by atoms with E-state index in [2.05, 4.69) is 38.1 Å². The van der Waals surface area contributed by atoms with Gasteiger partial charge in [0.05, 0.1) is 13.0 Å². The van der Waals surface area contributed by atoms with E-state index in [0.717, 1.165) is 12.8 Å². The SMILES string of the molecule is CCC(Cc1ccc(C(C)C)cc1)C(=O)OC. The Kier molecular flexibility index (Phi) is 5.20. The van der Waals surface area contributed by atoms with Crippen LogP contribution in [0.2, 0.25) is 0 Å². The van der Waals surface area contributed by atoms with Crippen molar-refractivity contribution in [1.82, 2.24) is 0 Å². The second kappa shape index (κ2) is 6.43. The summed E-state index contributed by atoms with van der Waals surface area (Å²) in [5.74, 6) is 0.414. The second-order valence-electron chi connectivity index (χ2n) is 4.73. The third kappa shape index (κ3) is 3.88. The predicted octanol–water partition coefficient (Wildman–Crippen LogP) is 3.55. The summed E-state index contributed by atoms with van der Waals surface area (Å²) in [6.45, 7) is 6.38. The molecule has 0 heterocycles. The highest BCUT2D eigenvalue weighted by Crippen LogP contribution is 2.18. The fourth-order valence-corrected chi connectivity index (χ4v) is 1.88. The van der Waals surface area contributed by atoms with Gasteiger partial charge in [0.1, 0.15) is 0 Å². The lowest BCUT2D eigenvalue weighted by Crippen LogP contribution is -2.17. The maximum Gasteiger partial charge on any atom is 0.308 e. The van der Waals surface area contributed by atoms with Crippen LogP contribution >= 0.6 is 0 Å². The van der Waals surface area contributed by atoms with Gasteiger partial charge in [0.15, 0.2) is 0 Å². The number of benzene rings is 1. The van der Waals surface area contributed by atoms with Gasteiger partial charge in [0, 0.05) is 0 Å².